The lowest BCUT2D eigenvalue weighted by molar-refractivity contribution is -0.145. The van der Waals surface area contributed by atoms with Gasteiger partial charge in [-0.25, -0.2) is 9.97 Å². The van der Waals surface area contributed by atoms with Gasteiger partial charge in [-0.1, -0.05) is 0 Å². The molecule has 35 heavy (non-hydrogen) atoms. The minimum atomic E-state index is -4.59. The molecule has 3 aromatic heterocycles. The number of Topliss-reactive ketones (excluding diaryl/α,β-unsaturated/α-hetero) is 1. The van der Waals surface area contributed by atoms with Gasteiger partial charge in [0.15, 0.2) is 0 Å². The summed E-state index contributed by atoms with van der Waals surface area (Å²) in [7, 11) is 2.92. The number of anilines is 1. The van der Waals surface area contributed by atoms with E-state index in [9.17, 15) is 27.6 Å². The second kappa shape index (κ2) is 13.5. The Hall–Kier alpha value is -4.16. The number of fused-ring (bicyclic) bond motifs is 1. The smallest absolute Gasteiger partial charge is 0.431 e. The van der Waals surface area contributed by atoms with Crippen molar-refractivity contribution in [1.29, 1.82) is 0 Å². The van der Waals surface area contributed by atoms with Gasteiger partial charge in [0, 0.05) is 18.2 Å². The topological polar surface area (TPSA) is 146 Å². The van der Waals surface area contributed by atoms with E-state index in [1.165, 1.54) is 26.2 Å². The number of ether oxygens (including phenoxy) is 3. The molecule has 13 heteroatoms. The highest BCUT2D eigenvalue weighted by molar-refractivity contribution is 5.94. The average molecular weight is 498 g/mol. The van der Waals surface area contributed by atoms with Crippen LogP contribution in [-0.4, -0.2) is 47.5 Å². The molecule has 0 aliphatic carbocycles. The lowest BCUT2D eigenvalue weighted by atomic mass is 10.2. The molecule has 3 heterocycles. The maximum atomic E-state index is 12.4. The number of carbonyl (C=O) groups is 2. The van der Waals surface area contributed by atoms with Crippen molar-refractivity contribution in [2.45, 2.75) is 26.4 Å². The Morgan fingerprint density at radius 3 is 2.20 bits per heavy atom. The third kappa shape index (κ3) is 10.1. The van der Waals surface area contributed by atoms with Crippen LogP contribution in [0, 0.1) is 0 Å². The monoisotopic (exact) mass is 498 g/mol. The van der Waals surface area contributed by atoms with E-state index in [0.717, 1.165) is 0 Å². The van der Waals surface area contributed by atoms with Gasteiger partial charge >= 0.3 is 12.1 Å². The number of H-pyrrole nitrogens is 1. The van der Waals surface area contributed by atoms with Crippen molar-refractivity contribution in [2.24, 2.45) is 0 Å². The van der Waals surface area contributed by atoms with E-state index in [0.29, 0.717) is 24.2 Å². The molecule has 0 aliphatic rings. The molecule has 190 valence electrons. The van der Waals surface area contributed by atoms with Crippen molar-refractivity contribution in [3.05, 3.63) is 52.4 Å². The Bertz CT molecular complexity index is 1180. The van der Waals surface area contributed by atoms with Gasteiger partial charge in [-0.05, 0) is 26.0 Å². The van der Waals surface area contributed by atoms with E-state index in [1.807, 2.05) is 0 Å². The number of rotatable bonds is 5. The molecule has 10 nitrogen and oxygen atoms in total. The van der Waals surface area contributed by atoms with E-state index in [4.69, 9.17) is 15.2 Å². The number of nitrogens with zero attached hydrogens (tertiary/aromatic N) is 2. The number of halogens is 3. The number of hydrogen-bond acceptors (Lipinski definition) is 9. The predicted molar refractivity (Wildman–Crippen MR) is 121 cm³/mol. The quantitative estimate of drug-likeness (QED) is 0.400. The average Bonchev–Trinajstić information content (AvgIpc) is 2.79. The Morgan fingerprint density at radius 2 is 1.71 bits per heavy atom. The summed E-state index contributed by atoms with van der Waals surface area (Å²) < 4.78 is 51.4. The van der Waals surface area contributed by atoms with Crippen molar-refractivity contribution in [2.75, 3.05) is 26.6 Å². The Labute approximate surface area is 198 Å². The predicted octanol–water partition coefficient (Wildman–Crippen LogP) is 3.15. The molecule has 0 radical (unpaired) electrons. The van der Waals surface area contributed by atoms with E-state index < -0.39 is 23.3 Å². The fourth-order valence-electron chi connectivity index (χ4n) is 2.30. The van der Waals surface area contributed by atoms with Gasteiger partial charge in [0.05, 0.1) is 38.2 Å². The minimum absolute atomic E-state index is 0.0191. The first-order valence-electron chi connectivity index (χ1n) is 9.97. The normalized spacial score (nSPS) is 10.3. The van der Waals surface area contributed by atoms with Gasteiger partial charge in [0.1, 0.15) is 23.4 Å². The van der Waals surface area contributed by atoms with Gasteiger partial charge < -0.3 is 24.9 Å². The van der Waals surface area contributed by atoms with Crippen LogP contribution in [0.2, 0.25) is 0 Å². The van der Waals surface area contributed by atoms with Crippen LogP contribution in [-0.2, 0) is 20.5 Å². The lowest BCUT2D eigenvalue weighted by Gasteiger charge is -2.07. The number of aromatic nitrogens is 3. The third-order valence-corrected chi connectivity index (χ3v) is 3.83. The number of nitrogens with one attached hydrogen (secondary N) is 1. The van der Waals surface area contributed by atoms with Crippen LogP contribution in [0.3, 0.4) is 0 Å². The standard InChI is InChI=1S/C10H7F3N2O2.C6H8N2O.C6H10O3/c1-17-8-3-2-5-9(15-8)6(16)4-7(14-5)10(11,12)13;1-9-6-3-2-5(7)4-8-6;1-3-9-6(8)4-5(2)7/h2-4H,1H3,(H,14,16);2-4H,7H2,1H3;3-4H2,1-2H3. The van der Waals surface area contributed by atoms with Crippen LogP contribution in [0.1, 0.15) is 26.0 Å². The molecule has 0 fully saturated rings. The van der Waals surface area contributed by atoms with Gasteiger partial charge in [-0.2, -0.15) is 13.2 Å². The molecule has 3 rings (SSSR count). The fourth-order valence-corrected chi connectivity index (χ4v) is 2.30. The first kappa shape index (κ1) is 28.9. The Kier molecular flexibility index (Phi) is 11.2. The lowest BCUT2D eigenvalue weighted by Crippen LogP contribution is -2.14. The summed E-state index contributed by atoms with van der Waals surface area (Å²) in [5, 5.41) is 0. The fraction of sp³-hybridized carbons (Fsp3) is 0.318. The number of esters is 1. The summed E-state index contributed by atoms with van der Waals surface area (Å²) in [6, 6.07) is 6.63. The van der Waals surface area contributed by atoms with Gasteiger partial charge in [-0.15, -0.1) is 0 Å². The first-order chi connectivity index (χ1) is 16.4. The van der Waals surface area contributed by atoms with Crippen LogP contribution < -0.4 is 20.6 Å². The highest BCUT2D eigenvalue weighted by Gasteiger charge is 2.32. The molecule has 0 saturated carbocycles. The zero-order chi connectivity index (χ0) is 26.6. The summed E-state index contributed by atoms with van der Waals surface area (Å²) >= 11 is 0. The van der Waals surface area contributed by atoms with Gasteiger partial charge in [0.25, 0.3) is 0 Å². The van der Waals surface area contributed by atoms with Crippen LogP contribution >= 0.6 is 0 Å². The number of hydrogen-bond donors (Lipinski definition) is 2. The molecule has 3 aromatic rings. The van der Waals surface area contributed by atoms with Crippen LogP contribution in [0.4, 0.5) is 18.9 Å². The summed E-state index contributed by atoms with van der Waals surface area (Å²) in [4.78, 5) is 41.9. The number of aromatic amines is 1. The maximum absolute atomic E-state index is 12.4. The maximum Gasteiger partial charge on any atom is 0.431 e. The second-order valence-electron chi connectivity index (χ2n) is 6.61. The Morgan fingerprint density at radius 1 is 1.09 bits per heavy atom. The molecule has 0 saturated heterocycles. The van der Waals surface area contributed by atoms with E-state index in [1.54, 1.807) is 32.4 Å². The molecule has 0 aromatic carbocycles. The number of ketones is 1. The highest BCUT2D eigenvalue weighted by Crippen LogP contribution is 2.27. The molecule has 0 amide bonds. The largest absolute Gasteiger partial charge is 0.481 e. The van der Waals surface area contributed by atoms with Crippen molar-refractivity contribution in [3.63, 3.8) is 0 Å². The molecule has 3 N–H and O–H groups in total. The number of nitrogen functional groups attached to an aromatic ring is 1. The van der Waals surface area contributed by atoms with Gasteiger partial charge in [-0.3, -0.25) is 14.4 Å². The molecular formula is C22H25F3N4O6. The van der Waals surface area contributed by atoms with Crippen LogP contribution in [0.5, 0.6) is 11.8 Å². The molecule has 0 bridgehead atoms. The van der Waals surface area contributed by atoms with E-state index in [2.05, 4.69) is 19.7 Å². The SMILES string of the molecule is CCOC(=O)CC(C)=O.COc1ccc(N)cn1.COc1ccc2[nH]c(C(F)(F)F)cc(=O)c2n1. The number of nitrogens with two attached hydrogens (primary N) is 1. The summed E-state index contributed by atoms with van der Waals surface area (Å²) in [5.74, 6) is 0.158. The molecule has 0 aliphatic heterocycles. The summed E-state index contributed by atoms with van der Waals surface area (Å²) in [5.41, 5.74) is 4.05. The zero-order valence-electron chi connectivity index (χ0n) is 19.4. The number of carbonyl (C=O) groups excluding carboxylic acids is 2. The summed E-state index contributed by atoms with van der Waals surface area (Å²) in [6.07, 6.45) is -3.14. The number of pyridine rings is 3. The van der Waals surface area contributed by atoms with Crippen LogP contribution in [0.25, 0.3) is 11.0 Å². The molecular weight excluding hydrogens is 473 g/mol. The highest BCUT2D eigenvalue weighted by atomic mass is 19.4. The molecule has 0 unspecified atom stereocenters. The molecule has 0 atom stereocenters. The van der Waals surface area contributed by atoms with Crippen molar-refractivity contribution in [3.8, 4) is 11.8 Å². The summed E-state index contributed by atoms with van der Waals surface area (Å²) in [6.45, 7) is 3.40. The van der Waals surface area contributed by atoms with E-state index in [-0.39, 0.29) is 29.1 Å². The first-order valence-corrected chi connectivity index (χ1v) is 9.97. The second-order valence-corrected chi connectivity index (χ2v) is 6.61. The minimum Gasteiger partial charge on any atom is -0.481 e. The van der Waals surface area contributed by atoms with Crippen molar-refractivity contribution >= 4 is 28.5 Å². The number of alkyl halides is 3. The zero-order valence-corrected chi connectivity index (χ0v) is 19.4. The van der Waals surface area contributed by atoms with Crippen molar-refractivity contribution < 1.29 is 37.0 Å². The van der Waals surface area contributed by atoms with Gasteiger partial charge in [0.2, 0.25) is 17.2 Å². The third-order valence-electron chi connectivity index (χ3n) is 3.83. The molecule has 0 spiro atoms. The van der Waals surface area contributed by atoms with Crippen LogP contribution in [0.15, 0.2) is 41.3 Å². The van der Waals surface area contributed by atoms with E-state index >= 15 is 0 Å². The van der Waals surface area contributed by atoms with Crippen molar-refractivity contribution in [1.82, 2.24) is 15.0 Å². The number of methoxy groups -OCH3 is 2. The Balaban J connectivity index is 0.000000289.